The maximum atomic E-state index is 12.0. The molecule has 100 valence electrons. The molecule has 0 saturated carbocycles. The molecule has 0 aliphatic rings. The van der Waals surface area contributed by atoms with Crippen molar-refractivity contribution in [2.24, 2.45) is 5.73 Å². The van der Waals surface area contributed by atoms with Crippen molar-refractivity contribution in [2.45, 2.75) is 6.92 Å². The van der Waals surface area contributed by atoms with E-state index in [0.29, 0.717) is 17.1 Å². The zero-order chi connectivity index (χ0) is 14.4. The van der Waals surface area contributed by atoms with Crippen molar-refractivity contribution in [1.82, 2.24) is 4.98 Å². The van der Waals surface area contributed by atoms with Crippen LogP contribution in [0.5, 0.6) is 0 Å². The number of carbonyl (C=O) groups is 1. The molecule has 0 bridgehead atoms. The number of hydrogen-bond donors (Lipinski definition) is 2. The number of nitrogens with one attached hydrogen (secondary N) is 1. The molecule has 1 aromatic heterocycles. The van der Waals surface area contributed by atoms with Gasteiger partial charge in [-0.15, -0.1) is 0 Å². The number of aryl methyl sites for hydroxylation is 1. The smallest absolute Gasteiger partial charge is 0.256 e. The molecule has 0 saturated heterocycles. The van der Waals surface area contributed by atoms with Crippen molar-refractivity contribution in [3.05, 3.63) is 59.3 Å². The summed E-state index contributed by atoms with van der Waals surface area (Å²) in [6.45, 7) is 2.25. The van der Waals surface area contributed by atoms with Gasteiger partial charge in [-0.1, -0.05) is 29.7 Å². The molecule has 0 aliphatic heterocycles. The Morgan fingerprint density at radius 1 is 1.25 bits per heavy atom. The van der Waals surface area contributed by atoms with E-state index in [0.717, 1.165) is 5.56 Å². The Morgan fingerprint density at radius 2 is 2.00 bits per heavy atom. The summed E-state index contributed by atoms with van der Waals surface area (Å²) >= 11 is 0. The largest absolute Gasteiger partial charge is 0.320 e. The van der Waals surface area contributed by atoms with E-state index in [1.807, 2.05) is 19.1 Å². The maximum absolute atomic E-state index is 12.0. The van der Waals surface area contributed by atoms with Gasteiger partial charge >= 0.3 is 0 Å². The Labute approximate surface area is 118 Å². The number of pyridine rings is 1. The average molecular weight is 265 g/mol. The van der Waals surface area contributed by atoms with E-state index in [1.165, 1.54) is 0 Å². The average Bonchev–Trinajstić information content (AvgIpc) is 2.46. The summed E-state index contributed by atoms with van der Waals surface area (Å²) in [4.78, 5) is 16.3. The quantitative estimate of drug-likeness (QED) is 0.815. The minimum absolute atomic E-state index is 0.193. The molecule has 1 aromatic carbocycles. The van der Waals surface area contributed by atoms with Crippen LogP contribution in [0.1, 0.15) is 21.6 Å². The van der Waals surface area contributed by atoms with Crippen LogP contribution in [0.3, 0.4) is 0 Å². The second-order valence-corrected chi connectivity index (χ2v) is 4.23. The van der Waals surface area contributed by atoms with E-state index in [-0.39, 0.29) is 12.5 Å². The summed E-state index contributed by atoms with van der Waals surface area (Å²) < 4.78 is 0. The van der Waals surface area contributed by atoms with Crippen molar-refractivity contribution in [3.63, 3.8) is 0 Å². The van der Waals surface area contributed by atoms with Gasteiger partial charge in [-0.2, -0.15) is 0 Å². The lowest BCUT2D eigenvalue weighted by Gasteiger charge is -2.05. The SMILES string of the molecule is Cc1ccc(C(=O)Nc2cccc(C#CCN)n2)cc1. The highest BCUT2D eigenvalue weighted by Gasteiger charge is 2.06. The van der Waals surface area contributed by atoms with Gasteiger partial charge in [0.05, 0.1) is 6.54 Å². The maximum Gasteiger partial charge on any atom is 0.256 e. The van der Waals surface area contributed by atoms with Crippen LogP contribution in [-0.4, -0.2) is 17.4 Å². The molecule has 20 heavy (non-hydrogen) atoms. The van der Waals surface area contributed by atoms with Gasteiger partial charge in [-0.25, -0.2) is 4.98 Å². The zero-order valence-electron chi connectivity index (χ0n) is 11.2. The van der Waals surface area contributed by atoms with Crippen LogP contribution in [0, 0.1) is 18.8 Å². The third kappa shape index (κ3) is 3.67. The summed E-state index contributed by atoms with van der Waals surface area (Å²) in [5.41, 5.74) is 7.60. The van der Waals surface area contributed by atoms with Crippen LogP contribution in [-0.2, 0) is 0 Å². The number of hydrogen-bond acceptors (Lipinski definition) is 3. The molecule has 0 fully saturated rings. The lowest BCUT2D eigenvalue weighted by atomic mass is 10.1. The van der Waals surface area contributed by atoms with Crippen molar-refractivity contribution in [1.29, 1.82) is 0 Å². The van der Waals surface area contributed by atoms with Gasteiger partial charge in [0.15, 0.2) is 0 Å². The van der Waals surface area contributed by atoms with Crippen LogP contribution in [0.15, 0.2) is 42.5 Å². The first-order valence-corrected chi connectivity index (χ1v) is 6.23. The van der Waals surface area contributed by atoms with Crippen LogP contribution >= 0.6 is 0 Å². The molecule has 0 unspecified atom stereocenters. The minimum atomic E-state index is -0.193. The molecule has 1 amide bonds. The van der Waals surface area contributed by atoms with Gasteiger partial charge in [0.1, 0.15) is 11.5 Å². The molecule has 2 aromatic rings. The second kappa shape index (κ2) is 6.50. The number of anilines is 1. The molecule has 0 atom stereocenters. The lowest BCUT2D eigenvalue weighted by molar-refractivity contribution is 0.102. The first kappa shape index (κ1) is 13.8. The predicted molar refractivity (Wildman–Crippen MR) is 79.3 cm³/mol. The fourth-order valence-electron chi connectivity index (χ4n) is 1.61. The highest BCUT2D eigenvalue weighted by Crippen LogP contribution is 2.08. The van der Waals surface area contributed by atoms with Gasteiger partial charge in [0, 0.05) is 5.56 Å². The van der Waals surface area contributed by atoms with Crippen LogP contribution < -0.4 is 11.1 Å². The molecule has 0 spiro atoms. The minimum Gasteiger partial charge on any atom is -0.320 e. The lowest BCUT2D eigenvalue weighted by Crippen LogP contribution is -2.13. The number of nitrogens with zero attached hydrogens (tertiary/aromatic N) is 1. The number of carbonyl (C=O) groups excluding carboxylic acids is 1. The number of benzene rings is 1. The first-order valence-electron chi connectivity index (χ1n) is 6.23. The molecule has 3 N–H and O–H groups in total. The molecule has 1 heterocycles. The zero-order valence-corrected chi connectivity index (χ0v) is 11.2. The van der Waals surface area contributed by atoms with Crippen LogP contribution in [0.2, 0.25) is 0 Å². The first-order chi connectivity index (χ1) is 9.69. The van der Waals surface area contributed by atoms with Crippen molar-refractivity contribution >= 4 is 11.7 Å². The van der Waals surface area contributed by atoms with Crippen LogP contribution in [0.25, 0.3) is 0 Å². The molecule has 2 rings (SSSR count). The van der Waals surface area contributed by atoms with E-state index >= 15 is 0 Å². The topological polar surface area (TPSA) is 68.0 Å². The monoisotopic (exact) mass is 265 g/mol. The van der Waals surface area contributed by atoms with Gasteiger partial charge < -0.3 is 11.1 Å². The molecule has 0 radical (unpaired) electrons. The van der Waals surface area contributed by atoms with E-state index in [4.69, 9.17) is 5.73 Å². The van der Waals surface area contributed by atoms with Gasteiger partial charge in [0.25, 0.3) is 5.91 Å². The molecular weight excluding hydrogens is 250 g/mol. The summed E-state index contributed by atoms with van der Waals surface area (Å²) in [6.07, 6.45) is 0. The predicted octanol–water partition coefficient (Wildman–Crippen LogP) is 1.95. The number of amides is 1. The van der Waals surface area contributed by atoms with Crippen molar-refractivity contribution < 1.29 is 4.79 Å². The number of nitrogens with two attached hydrogens (primary N) is 1. The van der Waals surface area contributed by atoms with Gasteiger partial charge in [0.2, 0.25) is 0 Å². The standard InChI is InChI=1S/C16H15N3O/c1-12-7-9-13(10-8-12)16(20)19-15-6-2-4-14(18-15)5-3-11-17/h2,4,6-10H,11,17H2,1H3,(H,18,19,20). The Bertz CT molecular complexity index is 666. The third-order valence-corrected chi connectivity index (χ3v) is 2.62. The van der Waals surface area contributed by atoms with Crippen molar-refractivity contribution in [2.75, 3.05) is 11.9 Å². The van der Waals surface area contributed by atoms with E-state index in [2.05, 4.69) is 22.1 Å². The van der Waals surface area contributed by atoms with Gasteiger partial charge in [-0.05, 0) is 37.1 Å². The highest BCUT2D eigenvalue weighted by atomic mass is 16.1. The molecule has 4 heteroatoms. The summed E-state index contributed by atoms with van der Waals surface area (Å²) in [7, 11) is 0. The van der Waals surface area contributed by atoms with Crippen LogP contribution in [0.4, 0.5) is 5.82 Å². The Balaban J connectivity index is 2.13. The second-order valence-electron chi connectivity index (χ2n) is 4.23. The van der Waals surface area contributed by atoms with E-state index in [9.17, 15) is 4.79 Å². The van der Waals surface area contributed by atoms with Gasteiger partial charge in [-0.3, -0.25) is 4.79 Å². The Morgan fingerprint density at radius 3 is 2.70 bits per heavy atom. The van der Waals surface area contributed by atoms with Crippen molar-refractivity contribution in [3.8, 4) is 11.8 Å². The molecular formula is C16H15N3O. The number of rotatable bonds is 2. The normalized spacial score (nSPS) is 9.50. The Kier molecular flexibility index (Phi) is 4.48. The summed E-state index contributed by atoms with van der Waals surface area (Å²) in [6, 6.07) is 12.6. The molecule has 0 aliphatic carbocycles. The molecule has 4 nitrogen and oxygen atoms in total. The summed E-state index contributed by atoms with van der Waals surface area (Å²) in [5.74, 6) is 5.83. The summed E-state index contributed by atoms with van der Waals surface area (Å²) in [5, 5.41) is 2.75. The fraction of sp³-hybridized carbons (Fsp3) is 0.125. The highest BCUT2D eigenvalue weighted by molar-refractivity contribution is 6.03. The third-order valence-electron chi connectivity index (χ3n) is 2.62. The van der Waals surface area contributed by atoms with E-state index in [1.54, 1.807) is 30.3 Å². The number of aromatic nitrogens is 1. The Hall–Kier alpha value is -2.64. The van der Waals surface area contributed by atoms with E-state index < -0.39 is 0 Å². The fourth-order valence-corrected chi connectivity index (χ4v) is 1.61.